The summed E-state index contributed by atoms with van der Waals surface area (Å²) in [5.41, 5.74) is 1.40. The van der Waals surface area contributed by atoms with Crippen molar-refractivity contribution in [3.8, 4) is 17.2 Å². The van der Waals surface area contributed by atoms with Crippen molar-refractivity contribution in [2.45, 2.75) is 65.7 Å². The van der Waals surface area contributed by atoms with Crippen molar-refractivity contribution in [1.82, 2.24) is 9.78 Å². The summed E-state index contributed by atoms with van der Waals surface area (Å²) >= 11 is 0. The maximum absolute atomic E-state index is 13.7. The van der Waals surface area contributed by atoms with Gasteiger partial charge in [0, 0.05) is 17.9 Å². The lowest BCUT2D eigenvalue weighted by Crippen LogP contribution is -2.39. The molecule has 1 aromatic carbocycles. The number of ether oxygens (including phenoxy) is 2. The number of benzene rings is 1. The van der Waals surface area contributed by atoms with E-state index in [2.05, 4.69) is 32.8 Å². The molecular weight excluding hydrogens is 404 g/mol. The van der Waals surface area contributed by atoms with E-state index in [1.807, 2.05) is 0 Å². The van der Waals surface area contributed by atoms with Gasteiger partial charge >= 0.3 is 0 Å². The molecule has 32 heavy (non-hydrogen) atoms. The normalized spacial score (nSPS) is 20.1. The van der Waals surface area contributed by atoms with E-state index in [0.29, 0.717) is 23.1 Å². The minimum atomic E-state index is -0.368. The van der Waals surface area contributed by atoms with E-state index in [4.69, 9.17) is 9.47 Å². The second-order valence-corrected chi connectivity index (χ2v) is 11.0. The van der Waals surface area contributed by atoms with Crippen molar-refractivity contribution < 1.29 is 14.3 Å². The molecule has 6 nitrogen and oxygen atoms in total. The Balaban J connectivity index is 1.79. The zero-order chi connectivity index (χ0) is 23.3. The van der Waals surface area contributed by atoms with Crippen LogP contribution in [0.1, 0.15) is 81.8 Å². The smallest absolute Gasteiger partial charge is 0.282 e. The van der Waals surface area contributed by atoms with E-state index >= 15 is 0 Å². The second kappa shape index (κ2) is 8.05. The number of carbonyl (C=O) groups is 1. The lowest BCUT2D eigenvalue weighted by molar-refractivity contribution is 0.0518. The van der Waals surface area contributed by atoms with Crippen LogP contribution in [-0.2, 0) is 0 Å². The molecule has 0 bridgehead atoms. The van der Waals surface area contributed by atoms with Gasteiger partial charge < -0.3 is 9.47 Å². The van der Waals surface area contributed by atoms with Crippen LogP contribution in [0.3, 0.4) is 0 Å². The van der Waals surface area contributed by atoms with Crippen LogP contribution < -0.4 is 15.0 Å². The molecule has 1 aromatic heterocycles. The molecule has 0 radical (unpaired) electrons. The minimum Gasteiger partial charge on any atom is -0.493 e. The Morgan fingerprint density at radius 2 is 1.62 bits per heavy atom. The van der Waals surface area contributed by atoms with Gasteiger partial charge in [0.1, 0.15) is 0 Å². The van der Waals surface area contributed by atoms with Crippen molar-refractivity contribution in [3.05, 3.63) is 45.9 Å². The van der Waals surface area contributed by atoms with Crippen LogP contribution in [0.25, 0.3) is 5.69 Å². The highest BCUT2D eigenvalue weighted by atomic mass is 16.5. The summed E-state index contributed by atoms with van der Waals surface area (Å²) in [6.45, 7) is 8.88. The van der Waals surface area contributed by atoms with Crippen molar-refractivity contribution in [3.63, 3.8) is 0 Å². The van der Waals surface area contributed by atoms with E-state index < -0.39 is 0 Å². The summed E-state index contributed by atoms with van der Waals surface area (Å²) in [6, 6.07) is 7.01. The third-order valence-corrected chi connectivity index (χ3v) is 6.73. The first-order valence-corrected chi connectivity index (χ1v) is 11.4. The molecule has 1 heterocycles. The number of hydrogen-bond acceptors (Lipinski definition) is 5. The third-order valence-electron chi connectivity index (χ3n) is 6.73. The lowest BCUT2D eigenvalue weighted by atomic mass is 9.60. The Morgan fingerprint density at radius 1 is 1.00 bits per heavy atom. The predicted octanol–water partition coefficient (Wildman–Crippen LogP) is 5.16. The molecule has 2 aromatic rings. The fourth-order valence-corrected chi connectivity index (χ4v) is 5.65. The molecule has 0 N–H and O–H groups in total. The largest absolute Gasteiger partial charge is 0.493 e. The molecule has 6 heteroatoms. The number of hydrogen-bond donors (Lipinski definition) is 0. The third kappa shape index (κ3) is 4.45. The zero-order valence-electron chi connectivity index (χ0n) is 20.0. The predicted molar refractivity (Wildman–Crippen MR) is 124 cm³/mol. The van der Waals surface area contributed by atoms with Gasteiger partial charge in [-0.1, -0.05) is 27.7 Å². The highest BCUT2D eigenvalue weighted by Gasteiger charge is 2.42. The van der Waals surface area contributed by atoms with Crippen LogP contribution in [0, 0.1) is 16.7 Å². The molecule has 0 unspecified atom stereocenters. The molecular formula is C26H34N2O4. The summed E-state index contributed by atoms with van der Waals surface area (Å²) in [6.07, 6.45) is 4.74. The van der Waals surface area contributed by atoms with E-state index in [-0.39, 0.29) is 33.7 Å². The summed E-state index contributed by atoms with van der Waals surface area (Å²) < 4.78 is 12.1. The Hall–Kier alpha value is -2.63. The SMILES string of the molecule is COc1ccc(-n2nc(C3CC3)cc(C(=O)C3CC(C)(C)CC(C)(C)C3)c2=O)cc1OC. The maximum atomic E-state index is 13.7. The van der Waals surface area contributed by atoms with Gasteiger partial charge in [0.15, 0.2) is 17.3 Å². The molecule has 0 amide bonds. The van der Waals surface area contributed by atoms with Gasteiger partial charge in [-0.15, -0.1) is 0 Å². The summed E-state index contributed by atoms with van der Waals surface area (Å²) in [5, 5.41) is 4.64. The number of ketones is 1. The van der Waals surface area contributed by atoms with Crippen LogP contribution >= 0.6 is 0 Å². The van der Waals surface area contributed by atoms with E-state index in [1.165, 1.54) is 4.68 Å². The lowest BCUT2D eigenvalue weighted by Gasteiger charge is -2.44. The highest BCUT2D eigenvalue weighted by molar-refractivity contribution is 5.97. The number of carbonyl (C=O) groups excluding carboxylic acids is 1. The Bertz CT molecular complexity index is 1080. The van der Waals surface area contributed by atoms with Gasteiger partial charge in [-0.2, -0.15) is 9.78 Å². The Labute approximate surface area is 189 Å². The molecule has 2 aliphatic carbocycles. The average Bonchev–Trinajstić information content (AvgIpc) is 3.56. The molecule has 0 atom stereocenters. The van der Waals surface area contributed by atoms with Crippen molar-refractivity contribution in [2.24, 2.45) is 16.7 Å². The van der Waals surface area contributed by atoms with E-state index in [1.54, 1.807) is 38.5 Å². The zero-order valence-corrected chi connectivity index (χ0v) is 20.0. The van der Waals surface area contributed by atoms with Crippen LogP contribution in [0.2, 0.25) is 0 Å². The van der Waals surface area contributed by atoms with Gasteiger partial charge in [-0.3, -0.25) is 9.59 Å². The molecule has 2 fully saturated rings. The maximum Gasteiger partial charge on any atom is 0.282 e. The summed E-state index contributed by atoms with van der Waals surface area (Å²) in [5.74, 6) is 1.20. The quantitative estimate of drug-likeness (QED) is 0.583. The van der Waals surface area contributed by atoms with Crippen molar-refractivity contribution in [1.29, 1.82) is 0 Å². The van der Waals surface area contributed by atoms with Crippen LogP contribution in [0.15, 0.2) is 29.1 Å². The van der Waals surface area contributed by atoms with Gasteiger partial charge in [0.05, 0.1) is 31.2 Å². The number of methoxy groups -OCH3 is 2. The highest BCUT2D eigenvalue weighted by Crippen LogP contribution is 2.49. The average molecular weight is 439 g/mol. The number of Topliss-reactive ketones (excluding diaryl/α,β-unsaturated/α-hetero) is 1. The monoisotopic (exact) mass is 438 g/mol. The second-order valence-electron chi connectivity index (χ2n) is 11.0. The topological polar surface area (TPSA) is 70.4 Å². The standard InChI is InChI=1S/C26H34N2O4/c1-25(2)13-17(14-26(3,4)15-25)23(29)19-12-20(16-7-8-16)27-28(24(19)30)18-9-10-21(31-5)22(11-18)32-6/h9-12,16-17H,7-8,13-15H2,1-6H3. The summed E-state index contributed by atoms with van der Waals surface area (Å²) in [7, 11) is 3.12. The van der Waals surface area contributed by atoms with Crippen LogP contribution in [-0.4, -0.2) is 29.8 Å². The van der Waals surface area contributed by atoms with Crippen molar-refractivity contribution in [2.75, 3.05) is 14.2 Å². The molecule has 2 saturated carbocycles. The van der Waals surface area contributed by atoms with E-state index in [9.17, 15) is 9.59 Å². The fraction of sp³-hybridized carbons (Fsp3) is 0.577. The van der Waals surface area contributed by atoms with Gasteiger partial charge in [0.2, 0.25) is 0 Å². The van der Waals surface area contributed by atoms with Crippen LogP contribution in [0.4, 0.5) is 0 Å². The molecule has 0 aliphatic heterocycles. The molecule has 0 saturated heterocycles. The molecule has 172 valence electrons. The fourth-order valence-electron chi connectivity index (χ4n) is 5.65. The number of nitrogens with zero attached hydrogens (tertiary/aromatic N) is 2. The molecule has 4 rings (SSSR count). The van der Waals surface area contributed by atoms with Crippen LogP contribution in [0.5, 0.6) is 11.5 Å². The Morgan fingerprint density at radius 3 is 2.19 bits per heavy atom. The molecule has 2 aliphatic rings. The minimum absolute atomic E-state index is 0.0469. The number of rotatable bonds is 6. The van der Waals surface area contributed by atoms with Gasteiger partial charge in [-0.05, 0) is 61.1 Å². The number of aromatic nitrogens is 2. The molecule has 0 spiro atoms. The first-order chi connectivity index (χ1) is 15.0. The van der Waals surface area contributed by atoms with Crippen molar-refractivity contribution >= 4 is 5.78 Å². The van der Waals surface area contributed by atoms with E-state index in [0.717, 1.165) is 37.8 Å². The van der Waals surface area contributed by atoms with Gasteiger partial charge in [0.25, 0.3) is 5.56 Å². The first kappa shape index (κ1) is 22.6. The summed E-state index contributed by atoms with van der Waals surface area (Å²) in [4.78, 5) is 27.2. The first-order valence-electron chi connectivity index (χ1n) is 11.4. The Kier molecular flexibility index (Phi) is 5.68. The van der Waals surface area contributed by atoms with Gasteiger partial charge in [-0.25, -0.2) is 0 Å².